The summed E-state index contributed by atoms with van der Waals surface area (Å²) in [5, 5.41) is 18.0. The van der Waals surface area contributed by atoms with Crippen LogP contribution in [0, 0.1) is 0 Å². The second kappa shape index (κ2) is 14.5. The van der Waals surface area contributed by atoms with Crippen LogP contribution in [-0.4, -0.2) is 0 Å². The van der Waals surface area contributed by atoms with Gasteiger partial charge in [-0.3, -0.25) is 0 Å². The van der Waals surface area contributed by atoms with E-state index >= 15 is 0 Å². The molecule has 14 aromatic carbocycles. The van der Waals surface area contributed by atoms with Crippen LogP contribution in [0.2, 0.25) is 0 Å². The first-order valence-electron chi connectivity index (χ1n) is 24.9. The van der Waals surface area contributed by atoms with E-state index in [-0.39, 0.29) is 0 Å². The van der Waals surface area contributed by atoms with Gasteiger partial charge in [0.2, 0.25) is 0 Å². The van der Waals surface area contributed by atoms with Gasteiger partial charge in [-0.25, -0.2) is 0 Å². The highest BCUT2D eigenvalue weighted by atomic mass is 14.5. The molecule has 0 saturated carbocycles. The van der Waals surface area contributed by atoms with Gasteiger partial charge in [0, 0.05) is 0 Å². The van der Waals surface area contributed by atoms with Crippen LogP contribution in [0.1, 0.15) is 22.3 Å². The molecule has 0 saturated heterocycles. The standard InChI is InChI=1S/C71H42/c1-2-18-48-46(17-1)42-63(53-22-4-3-19-50(48)53)67-59-28-10-8-26-57(59)66(58-27-9-11-29-60(58)67)44-35-33-43(34-36-44)45-37-39-49-47(41-45)38-40-62-68-56-25-7-5-20-51(56)52-21-6-12-30-61(52)70(68)71(69(49)62)64-31-15-13-23-54(64)55-24-14-16-32-65(55)71/h1-42H. The van der Waals surface area contributed by atoms with Crippen LogP contribution in [0.15, 0.2) is 255 Å². The number of rotatable bonds is 3. The Morgan fingerprint density at radius 3 is 1.27 bits per heavy atom. The Bertz CT molecular complexity index is 4520. The van der Waals surface area contributed by atoms with Gasteiger partial charge in [0.1, 0.15) is 0 Å². The molecule has 0 nitrogen and oxygen atoms in total. The molecule has 0 amide bonds. The summed E-state index contributed by atoms with van der Waals surface area (Å²) in [6.07, 6.45) is 0. The fourth-order valence-corrected chi connectivity index (χ4v) is 13.7. The lowest BCUT2D eigenvalue weighted by Gasteiger charge is -2.32. The number of hydrogen-bond acceptors (Lipinski definition) is 0. The molecule has 2 aliphatic carbocycles. The zero-order valence-corrected chi connectivity index (χ0v) is 38.7. The van der Waals surface area contributed by atoms with Crippen molar-refractivity contribution in [3.05, 3.63) is 277 Å². The molecule has 0 fully saturated rings. The van der Waals surface area contributed by atoms with Gasteiger partial charge in [-0.2, -0.15) is 0 Å². The second-order valence-electron chi connectivity index (χ2n) is 19.7. The first-order valence-corrected chi connectivity index (χ1v) is 24.9. The third kappa shape index (κ3) is 5.13. The first kappa shape index (κ1) is 38.8. The van der Waals surface area contributed by atoms with Crippen LogP contribution in [-0.2, 0) is 5.41 Å². The Morgan fingerprint density at radius 1 is 0.197 bits per heavy atom. The third-order valence-corrected chi connectivity index (χ3v) is 16.4. The summed E-state index contributed by atoms with van der Waals surface area (Å²) in [5.41, 5.74) is 17.8. The summed E-state index contributed by atoms with van der Waals surface area (Å²) >= 11 is 0. The SMILES string of the molecule is c1ccc2c(c1)-c1ccccc1C21c2c(ccc3cc(-c4ccc(-c5c6ccccc6c(-c6cc7ccccc7c7ccccc67)c6ccccc56)cc4)ccc23)-c2c1c1ccccc1c1ccccc21. The number of hydrogen-bond donors (Lipinski definition) is 0. The lowest BCUT2D eigenvalue weighted by Crippen LogP contribution is -2.26. The number of benzene rings is 14. The highest BCUT2D eigenvalue weighted by Crippen LogP contribution is 2.66. The molecule has 1 spiro atoms. The van der Waals surface area contributed by atoms with Crippen molar-refractivity contribution in [2.45, 2.75) is 5.41 Å². The molecule has 0 heteroatoms. The molecular weight excluding hydrogens is 853 g/mol. The highest BCUT2D eigenvalue weighted by Gasteiger charge is 2.53. The monoisotopic (exact) mass is 894 g/mol. The molecule has 0 heterocycles. The van der Waals surface area contributed by atoms with Crippen LogP contribution in [0.3, 0.4) is 0 Å². The molecule has 0 aromatic heterocycles. The van der Waals surface area contributed by atoms with Gasteiger partial charge in [-0.15, -0.1) is 0 Å². The highest BCUT2D eigenvalue weighted by molar-refractivity contribution is 6.26. The van der Waals surface area contributed by atoms with Gasteiger partial charge < -0.3 is 0 Å². The summed E-state index contributed by atoms with van der Waals surface area (Å²) in [7, 11) is 0. The van der Waals surface area contributed by atoms with Gasteiger partial charge in [-0.1, -0.05) is 243 Å². The molecule has 0 aliphatic heterocycles. The van der Waals surface area contributed by atoms with Crippen LogP contribution in [0.4, 0.5) is 0 Å². The minimum atomic E-state index is -0.493. The minimum Gasteiger partial charge on any atom is -0.0619 e. The quantitative estimate of drug-likeness (QED) is 0.122. The van der Waals surface area contributed by atoms with E-state index in [1.165, 1.54) is 153 Å². The Labute approximate surface area is 411 Å². The molecule has 0 radical (unpaired) electrons. The van der Waals surface area contributed by atoms with Crippen LogP contribution in [0.25, 0.3) is 131 Å². The maximum Gasteiger partial charge on any atom is 0.0737 e. The maximum atomic E-state index is 2.43. The normalized spacial score (nSPS) is 13.2. The summed E-state index contributed by atoms with van der Waals surface area (Å²) in [5.74, 6) is 0. The summed E-state index contributed by atoms with van der Waals surface area (Å²) in [4.78, 5) is 0. The van der Waals surface area contributed by atoms with Crippen molar-refractivity contribution >= 4 is 75.4 Å². The Kier molecular flexibility index (Phi) is 7.91. The lowest BCUT2D eigenvalue weighted by atomic mass is 9.68. The zero-order valence-electron chi connectivity index (χ0n) is 38.7. The molecule has 16 rings (SSSR count). The van der Waals surface area contributed by atoms with Crippen molar-refractivity contribution in [2.24, 2.45) is 0 Å². The molecule has 0 atom stereocenters. The zero-order chi connectivity index (χ0) is 46.4. The van der Waals surface area contributed by atoms with E-state index in [1.807, 2.05) is 0 Å². The Balaban J connectivity index is 0.884. The van der Waals surface area contributed by atoms with Gasteiger partial charge in [0.05, 0.1) is 5.41 Å². The van der Waals surface area contributed by atoms with Gasteiger partial charge >= 0.3 is 0 Å². The van der Waals surface area contributed by atoms with Gasteiger partial charge in [0.15, 0.2) is 0 Å². The van der Waals surface area contributed by atoms with Crippen LogP contribution < -0.4 is 0 Å². The molecule has 2 aliphatic rings. The van der Waals surface area contributed by atoms with Crippen LogP contribution >= 0.6 is 0 Å². The average molecular weight is 895 g/mol. The Hall–Kier alpha value is -9.10. The molecule has 0 unspecified atom stereocenters. The maximum absolute atomic E-state index is 2.43. The predicted octanol–water partition coefficient (Wildman–Crippen LogP) is 19.1. The van der Waals surface area contributed by atoms with Gasteiger partial charge in [-0.05, 0) is 165 Å². The van der Waals surface area contributed by atoms with E-state index in [4.69, 9.17) is 0 Å². The summed E-state index contributed by atoms with van der Waals surface area (Å²) in [6.45, 7) is 0. The predicted molar refractivity (Wildman–Crippen MR) is 302 cm³/mol. The van der Waals surface area contributed by atoms with E-state index < -0.39 is 5.41 Å². The smallest absolute Gasteiger partial charge is 0.0619 e. The largest absolute Gasteiger partial charge is 0.0737 e. The van der Waals surface area contributed by atoms with E-state index in [2.05, 4.69) is 255 Å². The van der Waals surface area contributed by atoms with Crippen molar-refractivity contribution in [3.63, 3.8) is 0 Å². The summed E-state index contributed by atoms with van der Waals surface area (Å²) < 4.78 is 0. The fourth-order valence-electron chi connectivity index (χ4n) is 13.7. The first-order chi connectivity index (χ1) is 35.3. The molecule has 14 aromatic rings. The van der Waals surface area contributed by atoms with E-state index in [0.717, 1.165) is 0 Å². The van der Waals surface area contributed by atoms with Crippen molar-refractivity contribution in [3.8, 4) is 55.6 Å². The van der Waals surface area contributed by atoms with E-state index in [1.54, 1.807) is 0 Å². The number of fused-ring (bicyclic) bond motifs is 22. The van der Waals surface area contributed by atoms with Crippen molar-refractivity contribution in [1.29, 1.82) is 0 Å². The Morgan fingerprint density at radius 2 is 0.634 bits per heavy atom. The molecule has 0 bridgehead atoms. The fraction of sp³-hybridized carbons (Fsp3) is 0.0141. The lowest BCUT2D eigenvalue weighted by molar-refractivity contribution is 0.809. The topological polar surface area (TPSA) is 0 Å². The van der Waals surface area contributed by atoms with Crippen molar-refractivity contribution < 1.29 is 0 Å². The molecule has 326 valence electrons. The molecular formula is C71H42. The summed E-state index contributed by atoms with van der Waals surface area (Å²) in [6, 6.07) is 96.1. The van der Waals surface area contributed by atoms with Crippen molar-refractivity contribution in [1.82, 2.24) is 0 Å². The van der Waals surface area contributed by atoms with E-state index in [9.17, 15) is 0 Å². The van der Waals surface area contributed by atoms with Gasteiger partial charge in [0.25, 0.3) is 0 Å². The average Bonchev–Trinajstić information content (AvgIpc) is 3.95. The van der Waals surface area contributed by atoms with Crippen molar-refractivity contribution in [2.75, 3.05) is 0 Å². The molecule has 0 N–H and O–H groups in total. The minimum absolute atomic E-state index is 0.493. The second-order valence-corrected chi connectivity index (χ2v) is 19.7. The van der Waals surface area contributed by atoms with Crippen LogP contribution in [0.5, 0.6) is 0 Å². The molecule has 71 heavy (non-hydrogen) atoms. The van der Waals surface area contributed by atoms with E-state index in [0.29, 0.717) is 0 Å². The third-order valence-electron chi connectivity index (χ3n) is 16.4.